The highest BCUT2D eigenvalue weighted by molar-refractivity contribution is 5.76. The number of hydrogen-bond acceptors (Lipinski definition) is 2. The van der Waals surface area contributed by atoms with Gasteiger partial charge < -0.3 is 10.6 Å². The molecule has 3 nitrogen and oxygen atoms in total. The summed E-state index contributed by atoms with van der Waals surface area (Å²) in [5.41, 5.74) is 2.37. The molecule has 1 amide bonds. The van der Waals surface area contributed by atoms with Gasteiger partial charge in [-0.25, -0.2) is 0 Å². The van der Waals surface area contributed by atoms with Gasteiger partial charge in [0.15, 0.2) is 0 Å². The lowest BCUT2D eigenvalue weighted by atomic mass is 10.1. The van der Waals surface area contributed by atoms with E-state index in [2.05, 4.69) is 29.7 Å². The largest absolute Gasteiger partial charge is 0.350 e. The van der Waals surface area contributed by atoms with E-state index in [1.807, 2.05) is 26.0 Å². The zero-order chi connectivity index (χ0) is 12.7. The van der Waals surface area contributed by atoms with Gasteiger partial charge in [-0.1, -0.05) is 36.8 Å². The first-order chi connectivity index (χ1) is 8.13. The lowest BCUT2D eigenvalue weighted by Gasteiger charge is -2.15. The molecule has 0 bridgehead atoms. The van der Waals surface area contributed by atoms with Gasteiger partial charge in [0.2, 0.25) is 5.91 Å². The molecule has 1 rings (SSSR count). The van der Waals surface area contributed by atoms with Crippen molar-refractivity contribution in [1.29, 1.82) is 0 Å². The highest BCUT2D eigenvalue weighted by Gasteiger charge is 2.08. The van der Waals surface area contributed by atoms with Crippen molar-refractivity contribution < 1.29 is 4.79 Å². The van der Waals surface area contributed by atoms with Gasteiger partial charge in [0.25, 0.3) is 0 Å². The molecular weight excluding hydrogens is 212 g/mol. The molecule has 0 aliphatic heterocycles. The van der Waals surface area contributed by atoms with E-state index in [-0.39, 0.29) is 11.9 Å². The standard InChI is InChI=1S/C14H22N2O/c1-4-15-9-8-14(17)16-12(3)13-7-5-6-11(2)10-13/h5-7,10,12,15H,4,8-9H2,1-3H3,(H,16,17)/t12-/m0/s1. The summed E-state index contributed by atoms with van der Waals surface area (Å²) < 4.78 is 0. The Balaban J connectivity index is 2.43. The van der Waals surface area contributed by atoms with Crippen LogP contribution in [0.1, 0.15) is 37.4 Å². The summed E-state index contributed by atoms with van der Waals surface area (Å²) in [6.45, 7) is 7.75. The lowest BCUT2D eigenvalue weighted by Crippen LogP contribution is -2.29. The summed E-state index contributed by atoms with van der Waals surface area (Å²) in [5, 5.41) is 6.14. The Kier molecular flexibility index (Phi) is 5.70. The van der Waals surface area contributed by atoms with Gasteiger partial charge in [0, 0.05) is 13.0 Å². The summed E-state index contributed by atoms with van der Waals surface area (Å²) in [5.74, 6) is 0.0972. The summed E-state index contributed by atoms with van der Waals surface area (Å²) in [4.78, 5) is 11.6. The molecule has 1 aromatic carbocycles. The molecular formula is C14H22N2O. The molecule has 3 heteroatoms. The van der Waals surface area contributed by atoms with Crippen LogP contribution in [0.2, 0.25) is 0 Å². The Morgan fingerprint density at radius 2 is 2.18 bits per heavy atom. The van der Waals surface area contributed by atoms with Crippen LogP contribution in [0.4, 0.5) is 0 Å². The van der Waals surface area contributed by atoms with Crippen molar-refractivity contribution in [3.05, 3.63) is 35.4 Å². The molecule has 1 aromatic rings. The van der Waals surface area contributed by atoms with Crippen LogP contribution in [0.15, 0.2) is 24.3 Å². The van der Waals surface area contributed by atoms with E-state index in [1.165, 1.54) is 5.56 Å². The van der Waals surface area contributed by atoms with Gasteiger partial charge in [-0.05, 0) is 26.0 Å². The third-order valence-electron chi connectivity index (χ3n) is 2.70. The maximum Gasteiger partial charge on any atom is 0.221 e. The molecule has 2 N–H and O–H groups in total. The van der Waals surface area contributed by atoms with Gasteiger partial charge in [-0.2, -0.15) is 0 Å². The molecule has 0 unspecified atom stereocenters. The number of carbonyl (C=O) groups excluding carboxylic acids is 1. The first kappa shape index (κ1) is 13.7. The average Bonchev–Trinajstić information content (AvgIpc) is 2.29. The second-order valence-electron chi connectivity index (χ2n) is 4.31. The molecule has 0 aromatic heterocycles. The third kappa shape index (κ3) is 5.00. The Hall–Kier alpha value is -1.35. The van der Waals surface area contributed by atoms with Crippen molar-refractivity contribution in [2.75, 3.05) is 13.1 Å². The third-order valence-corrected chi connectivity index (χ3v) is 2.70. The Morgan fingerprint density at radius 1 is 1.41 bits per heavy atom. The predicted molar refractivity (Wildman–Crippen MR) is 70.9 cm³/mol. The number of aryl methyl sites for hydroxylation is 1. The minimum atomic E-state index is 0.0732. The summed E-state index contributed by atoms with van der Waals surface area (Å²) >= 11 is 0. The molecule has 0 radical (unpaired) electrons. The van der Waals surface area contributed by atoms with Crippen molar-refractivity contribution >= 4 is 5.91 Å². The van der Waals surface area contributed by atoms with Gasteiger partial charge in [0.05, 0.1) is 6.04 Å². The quantitative estimate of drug-likeness (QED) is 0.741. The Labute approximate surface area is 104 Å². The lowest BCUT2D eigenvalue weighted by molar-refractivity contribution is -0.121. The second kappa shape index (κ2) is 7.07. The SMILES string of the molecule is CCNCCC(=O)N[C@@H](C)c1cccc(C)c1. The molecule has 0 saturated heterocycles. The molecule has 0 saturated carbocycles. The summed E-state index contributed by atoms with van der Waals surface area (Å²) in [7, 11) is 0. The zero-order valence-corrected chi connectivity index (χ0v) is 10.9. The highest BCUT2D eigenvalue weighted by atomic mass is 16.1. The maximum atomic E-state index is 11.6. The van der Waals surface area contributed by atoms with Crippen molar-refractivity contribution in [2.24, 2.45) is 0 Å². The van der Waals surface area contributed by atoms with E-state index >= 15 is 0 Å². The van der Waals surface area contributed by atoms with Crippen LogP contribution < -0.4 is 10.6 Å². The van der Waals surface area contributed by atoms with Crippen LogP contribution in [-0.2, 0) is 4.79 Å². The molecule has 0 spiro atoms. The molecule has 17 heavy (non-hydrogen) atoms. The molecule has 1 atom stereocenters. The van der Waals surface area contributed by atoms with Crippen molar-refractivity contribution in [2.45, 2.75) is 33.2 Å². The molecule has 0 aliphatic rings. The van der Waals surface area contributed by atoms with Crippen LogP contribution in [0, 0.1) is 6.92 Å². The van der Waals surface area contributed by atoms with E-state index in [1.54, 1.807) is 0 Å². The fourth-order valence-corrected chi connectivity index (χ4v) is 1.72. The van der Waals surface area contributed by atoms with Crippen LogP contribution in [0.5, 0.6) is 0 Å². The predicted octanol–water partition coefficient (Wildman–Crippen LogP) is 2.17. The van der Waals surface area contributed by atoms with E-state index < -0.39 is 0 Å². The Bertz CT molecular complexity index is 363. The van der Waals surface area contributed by atoms with Gasteiger partial charge in [-0.3, -0.25) is 4.79 Å². The van der Waals surface area contributed by atoms with Gasteiger partial charge >= 0.3 is 0 Å². The van der Waals surface area contributed by atoms with Crippen LogP contribution in [0.3, 0.4) is 0 Å². The van der Waals surface area contributed by atoms with E-state index in [9.17, 15) is 4.79 Å². The van der Waals surface area contributed by atoms with Crippen LogP contribution in [-0.4, -0.2) is 19.0 Å². The number of benzene rings is 1. The van der Waals surface area contributed by atoms with Crippen molar-refractivity contribution in [3.8, 4) is 0 Å². The molecule has 0 fully saturated rings. The summed E-state index contributed by atoms with van der Waals surface area (Å²) in [6, 6.07) is 8.30. The monoisotopic (exact) mass is 234 g/mol. The second-order valence-corrected chi connectivity index (χ2v) is 4.31. The van der Waals surface area contributed by atoms with Crippen LogP contribution >= 0.6 is 0 Å². The number of carbonyl (C=O) groups is 1. The number of nitrogens with one attached hydrogen (secondary N) is 2. The molecule has 0 aliphatic carbocycles. The van der Waals surface area contributed by atoms with Gasteiger partial charge in [0.1, 0.15) is 0 Å². The highest BCUT2D eigenvalue weighted by Crippen LogP contribution is 2.13. The fourth-order valence-electron chi connectivity index (χ4n) is 1.72. The Morgan fingerprint density at radius 3 is 2.82 bits per heavy atom. The number of hydrogen-bond donors (Lipinski definition) is 2. The smallest absolute Gasteiger partial charge is 0.221 e. The van der Waals surface area contributed by atoms with Crippen molar-refractivity contribution in [3.63, 3.8) is 0 Å². The maximum absolute atomic E-state index is 11.6. The minimum absolute atomic E-state index is 0.0732. The fraction of sp³-hybridized carbons (Fsp3) is 0.500. The minimum Gasteiger partial charge on any atom is -0.350 e. The first-order valence-corrected chi connectivity index (χ1v) is 6.20. The average molecular weight is 234 g/mol. The van der Waals surface area contributed by atoms with Crippen molar-refractivity contribution in [1.82, 2.24) is 10.6 Å². The molecule has 94 valence electrons. The van der Waals surface area contributed by atoms with E-state index in [0.29, 0.717) is 6.42 Å². The molecule has 0 heterocycles. The first-order valence-electron chi connectivity index (χ1n) is 6.20. The number of amides is 1. The summed E-state index contributed by atoms with van der Waals surface area (Å²) in [6.07, 6.45) is 0.532. The van der Waals surface area contributed by atoms with Gasteiger partial charge in [-0.15, -0.1) is 0 Å². The zero-order valence-electron chi connectivity index (χ0n) is 10.9. The van der Waals surface area contributed by atoms with Crippen LogP contribution in [0.25, 0.3) is 0 Å². The van der Waals surface area contributed by atoms with E-state index in [0.717, 1.165) is 18.7 Å². The number of rotatable bonds is 6. The normalized spacial score (nSPS) is 12.2. The van der Waals surface area contributed by atoms with E-state index in [4.69, 9.17) is 0 Å². The topological polar surface area (TPSA) is 41.1 Å².